The Morgan fingerprint density at radius 1 is 1.16 bits per heavy atom. The predicted octanol–water partition coefficient (Wildman–Crippen LogP) is 5.58. The minimum atomic E-state index is -2.86. The van der Waals surface area contributed by atoms with Crippen LogP contribution in [0.2, 0.25) is 0 Å². The van der Waals surface area contributed by atoms with Crippen LogP contribution in [-0.2, 0) is 19.5 Å². The van der Waals surface area contributed by atoms with Gasteiger partial charge in [-0.1, -0.05) is 24.2 Å². The number of alkyl halides is 2. The SMILES string of the molecule is CC(F)(F)COc1nc2c(s1)CCN(CCC1CCC(CC(=O)c3ccn(CC4CC4)c(=O)c3)CC1)C2. The van der Waals surface area contributed by atoms with Crippen LogP contribution in [-0.4, -0.2) is 45.9 Å². The Morgan fingerprint density at radius 3 is 2.59 bits per heavy atom. The summed E-state index contributed by atoms with van der Waals surface area (Å²) in [7, 11) is 0. The molecule has 0 radical (unpaired) electrons. The van der Waals surface area contributed by atoms with Gasteiger partial charge in [-0.05, 0) is 68.9 Å². The van der Waals surface area contributed by atoms with Crippen molar-refractivity contribution in [1.29, 1.82) is 0 Å². The van der Waals surface area contributed by atoms with Gasteiger partial charge in [0.05, 0.1) is 5.69 Å². The van der Waals surface area contributed by atoms with Gasteiger partial charge in [-0.25, -0.2) is 13.8 Å². The Bertz CT molecular complexity index is 1150. The summed E-state index contributed by atoms with van der Waals surface area (Å²) in [4.78, 5) is 33.2. The topological polar surface area (TPSA) is 64.4 Å². The number of pyridine rings is 1. The zero-order valence-corrected chi connectivity index (χ0v) is 22.4. The molecule has 0 N–H and O–H groups in total. The Labute approximate surface area is 221 Å². The largest absolute Gasteiger partial charge is 0.464 e. The van der Waals surface area contributed by atoms with E-state index in [1.54, 1.807) is 10.8 Å². The van der Waals surface area contributed by atoms with Crippen molar-refractivity contribution in [3.63, 3.8) is 0 Å². The number of halogens is 2. The highest BCUT2D eigenvalue weighted by Crippen LogP contribution is 2.35. The van der Waals surface area contributed by atoms with Crippen LogP contribution in [0, 0.1) is 17.8 Å². The number of carbonyl (C=O) groups is 1. The van der Waals surface area contributed by atoms with Crippen LogP contribution in [0.1, 0.15) is 79.2 Å². The molecule has 3 heterocycles. The van der Waals surface area contributed by atoms with E-state index in [1.807, 2.05) is 6.07 Å². The first-order valence-electron chi connectivity index (χ1n) is 13.7. The lowest BCUT2D eigenvalue weighted by Gasteiger charge is -2.31. The van der Waals surface area contributed by atoms with Crippen molar-refractivity contribution >= 4 is 17.1 Å². The van der Waals surface area contributed by atoms with Crippen LogP contribution >= 0.6 is 11.3 Å². The summed E-state index contributed by atoms with van der Waals surface area (Å²) in [5.74, 6) is -1.06. The van der Waals surface area contributed by atoms with E-state index in [0.29, 0.717) is 34.9 Å². The lowest BCUT2D eigenvalue weighted by molar-refractivity contribution is -0.0230. The first-order valence-corrected chi connectivity index (χ1v) is 14.5. The minimum absolute atomic E-state index is 0.0600. The Kier molecular flexibility index (Phi) is 8.10. The van der Waals surface area contributed by atoms with Gasteiger partial charge in [0.1, 0.15) is 0 Å². The number of hydrogen-bond donors (Lipinski definition) is 0. The van der Waals surface area contributed by atoms with E-state index in [1.165, 1.54) is 30.2 Å². The molecule has 2 aromatic rings. The fraction of sp³-hybridized carbons (Fsp3) is 0.679. The van der Waals surface area contributed by atoms with Gasteiger partial charge >= 0.3 is 0 Å². The van der Waals surface area contributed by atoms with Crippen molar-refractivity contribution in [1.82, 2.24) is 14.5 Å². The standard InChI is InChI=1S/C28H37F2N3O3S/c1-28(29,30)18-36-27-31-23-17-32(12-10-25(23)37-27)11-8-19-2-4-20(5-3-19)14-24(34)22-9-13-33(26(35)15-22)16-21-6-7-21/h9,13,15,19-21H,2-8,10-12,14,16-18H2,1H3. The van der Waals surface area contributed by atoms with Crippen LogP contribution < -0.4 is 10.3 Å². The summed E-state index contributed by atoms with van der Waals surface area (Å²) in [6.07, 6.45) is 11.1. The van der Waals surface area contributed by atoms with Crippen LogP contribution in [0.5, 0.6) is 5.19 Å². The second-order valence-electron chi connectivity index (χ2n) is 11.4. The molecule has 0 spiro atoms. The minimum Gasteiger partial charge on any atom is -0.464 e. The van der Waals surface area contributed by atoms with Crippen LogP contribution in [0.3, 0.4) is 0 Å². The highest BCUT2D eigenvalue weighted by Gasteiger charge is 2.28. The Hall–Kier alpha value is -2.13. The fourth-order valence-electron chi connectivity index (χ4n) is 5.55. The number of ketones is 1. The molecule has 6 nitrogen and oxygen atoms in total. The van der Waals surface area contributed by atoms with Crippen LogP contribution in [0.4, 0.5) is 8.78 Å². The quantitative estimate of drug-likeness (QED) is 0.353. The van der Waals surface area contributed by atoms with Crippen molar-refractivity contribution < 1.29 is 18.3 Å². The maximum absolute atomic E-state index is 13.1. The molecule has 202 valence electrons. The number of Topliss-reactive ketones (excluding diaryl/α,β-unsaturated/α-hetero) is 1. The summed E-state index contributed by atoms with van der Waals surface area (Å²) >= 11 is 1.39. The van der Waals surface area contributed by atoms with Gasteiger partial charge in [0.2, 0.25) is 0 Å². The molecule has 2 aliphatic carbocycles. The van der Waals surface area contributed by atoms with Crippen molar-refractivity contribution in [3.8, 4) is 5.19 Å². The summed E-state index contributed by atoms with van der Waals surface area (Å²) < 4.78 is 33.1. The molecular weight excluding hydrogens is 496 g/mol. The summed E-state index contributed by atoms with van der Waals surface area (Å²) in [5, 5.41) is 0.348. The molecule has 0 saturated heterocycles. The highest BCUT2D eigenvalue weighted by atomic mass is 32.1. The fourth-order valence-corrected chi connectivity index (χ4v) is 6.46. The molecule has 0 atom stereocenters. The number of hydrogen-bond acceptors (Lipinski definition) is 6. The highest BCUT2D eigenvalue weighted by molar-refractivity contribution is 7.13. The average molecular weight is 534 g/mol. The van der Waals surface area contributed by atoms with Crippen molar-refractivity contribution in [2.24, 2.45) is 17.8 Å². The first-order chi connectivity index (χ1) is 17.7. The van der Waals surface area contributed by atoms with Gasteiger partial charge in [-0.3, -0.25) is 14.5 Å². The van der Waals surface area contributed by atoms with E-state index in [2.05, 4.69) is 9.88 Å². The first kappa shape index (κ1) is 26.5. The monoisotopic (exact) mass is 533 g/mol. The molecule has 37 heavy (non-hydrogen) atoms. The molecule has 0 bridgehead atoms. The van der Waals surface area contributed by atoms with Crippen LogP contribution in [0.15, 0.2) is 23.1 Å². The molecule has 5 rings (SSSR count). The molecule has 0 amide bonds. The molecule has 0 unspecified atom stereocenters. The number of carbonyl (C=O) groups excluding carboxylic acids is 1. The number of rotatable bonds is 11. The van der Waals surface area contributed by atoms with Crippen molar-refractivity contribution in [2.45, 2.75) is 83.7 Å². The lowest BCUT2D eigenvalue weighted by Crippen LogP contribution is -2.32. The zero-order chi connectivity index (χ0) is 26.0. The van der Waals surface area contributed by atoms with Crippen molar-refractivity contribution in [3.05, 3.63) is 44.8 Å². The van der Waals surface area contributed by atoms with E-state index in [-0.39, 0.29) is 11.3 Å². The molecule has 2 saturated carbocycles. The van der Waals surface area contributed by atoms with Gasteiger partial charge in [0.15, 0.2) is 12.4 Å². The number of thiazole rings is 1. The van der Waals surface area contributed by atoms with Crippen molar-refractivity contribution in [2.75, 3.05) is 19.7 Å². The Morgan fingerprint density at radius 2 is 1.89 bits per heavy atom. The maximum Gasteiger partial charge on any atom is 0.278 e. The molecule has 3 aliphatic rings. The van der Waals surface area contributed by atoms with E-state index < -0.39 is 12.5 Å². The summed E-state index contributed by atoms with van der Waals surface area (Å²) in [6.45, 7) is 3.71. The van der Waals surface area contributed by atoms with Gasteiger partial charge < -0.3 is 9.30 Å². The third-order valence-corrected chi connectivity index (χ3v) is 9.07. The zero-order valence-electron chi connectivity index (χ0n) is 21.6. The van der Waals surface area contributed by atoms with E-state index in [9.17, 15) is 18.4 Å². The number of nitrogens with zero attached hydrogens (tertiary/aromatic N) is 3. The number of aromatic nitrogens is 2. The number of ether oxygens (including phenoxy) is 1. The predicted molar refractivity (Wildman–Crippen MR) is 140 cm³/mol. The maximum atomic E-state index is 13.1. The third kappa shape index (κ3) is 7.47. The van der Waals surface area contributed by atoms with Crippen LogP contribution in [0.25, 0.3) is 0 Å². The van der Waals surface area contributed by atoms with Gasteiger partial charge in [0, 0.05) is 55.7 Å². The lowest BCUT2D eigenvalue weighted by atomic mass is 9.78. The van der Waals surface area contributed by atoms with E-state index in [0.717, 1.165) is 82.2 Å². The third-order valence-electron chi connectivity index (χ3n) is 8.00. The summed E-state index contributed by atoms with van der Waals surface area (Å²) in [5.41, 5.74) is 1.46. The molecule has 1 aliphatic heterocycles. The summed E-state index contributed by atoms with van der Waals surface area (Å²) in [6, 6.07) is 3.34. The smallest absolute Gasteiger partial charge is 0.278 e. The molecular formula is C28H37F2N3O3S. The molecule has 0 aromatic carbocycles. The van der Waals surface area contributed by atoms with E-state index in [4.69, 9.17) is 4.74 Å². The van der Waals surface area contributed by atoms with Gasteiger partial charge in [-0.2, -0.15) is 0 Å². The molecule has 2 aromatic heterocycles. The average Bonchev–Trinajstić information content (AvgIpc) is 3.59. The Balaban J connectivity index is 1.02. The van der Waals surface area contributed by atoms with Gasteiger partial charge in [-0.15, -0.1) is 0 Å². The van der Waals surface area contributed by atoms with Gasteiger partial charge in [0.25, 0.3) is 16.7 Å². The molecule has 9 heteroatoms. The van der Waals surface area contributed by atoms with E-state index >= 15 is 0 Å². The number of fused-ring (bicyclic) bond motifs is 1. The second-order valence-corrected chi connectivity index (χ2v) is 12.4. The molecule has 2 fully saturated rings. The normalized spacial score (nSPS) is 22.6. The second kappa shape index (κ2) is 11.3.